The standard InChI is InChI=1S/C19H28N4O/c1-20-19(22-17-9-4-5-10-17)21-12-6-11-18(24)23-13-15-7-2-3-8-16(15)14-23/h2-3,7-8,17H,4-6,9-14H2,1H3,(H2,20,21,22). The average Bonchev–Trinajstić information content (AvgIpc) is 3.26. The molecule has 2 aliphatic rings. The smallest absolute Gasteiger partial charge is 0.223 e. The van der Waals surface area contributed by atoms with Crippen molar-refractivity contribution in [3.63, 3.8) is 0 Å². The minimum Gasteiger partial charge on any atom is -0.356 e. The lowest BCUT2D eigenvalue weighted by molar-refractivity contribution is -0.131. The molecule has 5 nitrogen and oxygen atoms in total. The molecule has 0 atom stereocenters. The molecule has 1 heterocycles. The molecule has 1 saturated carbocycles. The number of carbonyl (C=O) groups is 1. The summed E-state index contributed by atoms with van der Waals surface area (Å²) in [5, 5.41) is 6.79. The van der Waals surface area contributed by atoms with E-state index in [2.05, 4.69) is 27.8 Å². The maximum absolute atomic E-state index is 12.4. The summed E-state index contributed by atoms with van der Waals surface area (Å²) < 4.78 is 0. The van der Waals surface area contributed by atoms with Crippen molar-refractivity contribution in [2.75, 3.05) is 13.6 Å². The second-order valence-electron chi connectivity index (χ2n) is 6.75. The van der Waals surface area contributed by atoms with Gasteiger partial charge in [-0.25, -0.2) is 0 Å². The van der Waals surface area contributed by atoms with Gasteiger partial charge in [-0.3, -0.25) is 9.79 Å². The third-order valence-corrected chi connectivity index (χ3v) is 4.97. The third-order valence-electron chi connectivity index (χ3n) is 4.97. The van der Waals surface area contributed by atoms with E-state index in [0.717, 1.165) is 32.0 Å². The average molecular weight is 328 g/mol. The van der Waals surface area contributed by atoms with Crippen LogP contribution in [0.25, 0.3) is 0 Å². The van der Waals surface area contributed by atoms with Crippen LogP contribution in [0.1, 0.15) is 49.7 Å². The van der Waals surface area contributed by atoms with Crippen molar-refractivity contribution in [3.05, 3.63) is 35.4 Å². The Hall–Kier alpha value is -2.04. The summed E-state index contributed by atoms with van der Waals surface area (Å²) in [6, 6.07) is 8.87. The van der Waals surface area contributed by atoms with E-state index < -0.39 is 0 Å². The Kier molecular flexibility index (Phi) is 5.72. The van der Waals surface area contributed by atoms with Gasteiger partial charge in [-0.05, 0) is 30.4 Å². The van der Waals surface area contributed by atoms with Crippen LogP contribution < -0.4 is 10.6 Å². The Labute approximate surface area is 144 Å². The first-order chi connectivity index (χ1) is 11.8. The molecule has 1 aliphatic carbocycles. The molecule has 3 rings (SSSR count). The lowest BCUT2D eigenvalue weighted by atomic mass is 10.1. The molecule has 0 radical (unpaired) electrons. The van der Waals surface area contributed by atoms with Crippen molar-refractivity contribution in [1.82, 2.24) is 15.5 Å². The van der Waals surface area contributed by atoms with Gasteiger partial charge in [0.25, 0.3) is 0 Å². The number of benzene rings is 1. The minimum absolute atomic E-state index is 0.242. The lowest BCUT2D eigenvalue weighted by Crippen LogP contribution is -2.42. The van der Waals surface area contributed by atoms with Gasteiger partial charge >= 0.3 is 0 Å². The molecule has 1 aromatic carbocycles. The van der Waals surface area contributed by atoms with E-state index in [0.29, 0.717) is 12.5 Å². The van der Waals surface area contributed by atoms with Crippen LogP contribution in [0.15, 0.2) is 29.3 Å². The SMILES string of the molecule is CN=C(NCCCC(=O)N1Cc2ccccc2C1)NC1CCCC1. The first-order valence-electron chi connectivity index (χ1n) is 9.08. The van der Waals surface area contributed by atoms with Crippen LogP contribution in [0.4, 0.5) is 0 Å². The zero-order chi connectivity index (χ0) is 16.8. The molecular formula is C19H28N4O. The highest BCUT2D eigenvalue weighted by Gasteiger charge is 2.22. The zero-order valence-electron chi connectivity index (χ0n) is 14.6. The van der Waals surface area contributed by atoms with E-state index in [9.17, 15) is 4.79 Å². The van der Waals surface area contributed by atoms with Crippen LogP contribution in [0.5, 0.6) is 0 Å². The van der Waals surface area contributed by atoms with E-state index >= 15 is 0 Å². The summed E-state index contributed by atoms with van der Waals surface area (Å²) in [7, 11) is 1.80. The molecule has 1 aliphatic heterocycles. The van der Waals surface area contributed by atoms with E-state index in [1.165, 1.54) is 36.8 Å². The molecule has 0 unspecified atom stereocenters. The number of rotatable bonds is 5. The fourth-order valence-electron chi connectivity index (χ4n) is 3.57. The van der Waals surface area contributed by atoms with Gasteiger partial charge < -0.3 is 15.5 Å². The Balaban J connectivity index is 1.35. The Morgan fingerprint density at radius 2 is 1.88 bits per heavy atom. The quantitative estimate of drug-likeness (QED) is 0.496. The summed E-state index contributed by atoms with van der Waals surface area (Å²) in [4.78, 5) is 18.6. The van der Waals surface area contributed by atoms with Gasteiger partial charge in [-0.2, -0.15) is 0 Å². The summed E-state index contributed by atoms with van der Waals surface area (Å²) >= 11 is 0. The molecule has 0 bridgehead atoms. The molecular weight excluding hydrogens is 300 g/mol. The van der Waals surface area contributed by atoms with Gasteiger partial charge in [-0.1, -0.05) is 37.1 Å². The first-order valence-corrected chi connectivity index (χ1v) is 9.08. The molecule has 5 heteroatoms. The Morgan fingerprint density at radius 1 is 1.21 bits per heavy atom. The predicted octanol–water partition coefficient (Wildman–Crippen LogP) is 2.42. The maximum atomic E-state index is 12.4. The van der Waals surface area contributed by atoms with Gasteiger partial charge in [0.05, 0.1) is 0 Å². The van der Waals surface area contributed by atoms with Crippen LogP contribution in [-0.4, -0.2) is 36.4 Å². The fourth-order valence-corrected chi connectivity index (χ4v) is 3.57. The molecule has 2 N–H and O–H groups in total. The van der Waals surface area contributed by atoms with Crippen molar-refractivity contribution in [3.8, 4) is 0 Å². The maximum Gasteiger partial charge on any atom is 0.223 e. The van der Waals surface area contributed by atoms with E-state index in [1.54, 1.807) is 7.05 Å². The van der Waals surface area contributed by atoms with Crippen LogP contribution in [0, 0.1) is 0 Å². The first kappa shape index (κ1) is 16.8. The van der Waals surface area contributed by atoms with E-state index in [1.807, 2.05) is 17.0 Å². The normalized spacial score (nSPS) is 17.9. The van der Waals surface area contributed by atoms with Gasteiger partial charge in [0.2, 0.25) is 5.91 Å². The Morgan fingerprint density at radius 3 is 2.50 bits per heavy atom. The molecule has 1 amide bonds. The number of hydrogen-bond acceptors (Lipinski definition) is 2. The van der Waals surface area contributed by atoms with Gasteiger partial charge in [0.15, 0.2) is 5.96 Å². The number of aliphatic imine (C=N–C) groups is 1. The van der Waals surface area contributed by atoms with Crippen molar-refractivity contribution in [1.29, 1.82) is 0 Å². The summed E-state index contributed by atoms with van der Waals surface area (Å²) in [5.74, 6) is 1.11. The van der Waals surface area contributed by atoms with Crippen LogP contribution in [-0.2, 0) is 17.9 Å². The molecule has 0 aromatic heterocycles. The van der Waals surface area contributed by atoms with Crippen LogP contribution in [0.3, 0.4) is 0 Å². The fraction of sp³-hybridized carbons (Fsp3) is 0.579. The summed E-state index contributed by atoms with van der Waals surface area (Å²) in [5.41, 5.74) is 2.57. The number of hydrogen-bond donors (Lipinski definition) is 2. The van der Waals surface area contributed by atoms with Gasteiger partial charge in [-0.15, -0.1) is 0 Å². The highest BCUT2D eigenvalue weighted by Crippen LogP contribution is 2.22. The van der Waals surface area contributed by atoms with Crippen molar-refractivity contribution >= 4 is 11.9 Å². The number of guanidine groups is 1. The summed E-state index contributed by atoms with van der Waals surface area (Å²) in [6.07, 6.45) is 6.49. The van der Waals surface area contributed by atoms with Crippen LogP contribution in [0.2, 0.25) is 0 Å². The second-order valence-corrected chi connectivity index (χ2v) is 6.75. The predicted molar refractivity (Wildman–Crippen MR) is 96.7 cm³/mol. The van der Waals surface area contributed by atoms with Gasteiger partial charge in [0.1, 0.15) is 0 Å². The monoisotopic (exact) mass is 328 g/mol. The summed E-state index contributed by atoms with van der Waals surface area (Å²) in [6.45, 7) is 2.29. The number of carbonyl (C=O) groups excluding carboxylic acids is 1. The van der Waals surface area contributed by atoms with Crippen LogP contribution >= 0.6 is 0 Å². The molecule has 0 spiro atoms. The second kappa shape index (κ2) is 8.18. The zero-order valence-corrected chi connectivity index (χ0v) is 14.6. The minimum atomic E-state index is 0.242. The molecule has 130 valence electrons. The van der Waals surface area contributed by atoms with Crippen molar-refractivity contribution in [2.45, 2.75) is 57.7 Å². The number of amides is 1. The lowest BCUT2D eigenvalue weighted by Gasteiger charge is -2.18. The third kappa shape index (κ3) is 4.28. The topological polar surface area (TPSA) is 56.7 Å². The molecule has 1 fully saturated rings. The van der Waals surface area contributed by atoms with Crippen molar-refractivity contribution < 1.29 is 4.79 Å². The largest absolute Gasteiger partial charge is 0.356 e. The molecule has 0 saturated heterocycles. The Bertz CT molecular complexity index is 568. The van der Waals surface area contributed by atoms with Crippen molar-refractivity contribution in [2.24, 2.45) is 4.99 Å². The van der Waals surface area contributed by atoms with E-state index in [4.69, 9.17) is 0 Å². The van der Waals surface area contributed by atoms with Gasteiger partial charge in [0, 0.05) is 39.1 Å². The number of nitrogens with zero attached hydrogens (tertiary/aromatic N) is 2. The van der Waals surface area contributed by atoms with E-state index in [-0.39, 0.29) is 5.91 Å². The molecule has 24 heavy (non-hydrogen) atoms. The highest BCUT2D eigenvalue weighted by molar-refractivity contribution is 5.80. The molecule has 1 aromatic rings. The highest BCUT2D eigenvalue weighted by atomic mass is 16.2. The number of fused-ring (bicyclic) bond motifs is 1. The number of nitrogens with one attached hydrogen (secondary N) is 2.